The van der Waals surface area contributed by atoms with Gasteiger partial charge in [0.15, 0.2) is 6.10 Å². The molecule has 0 N–H and O–H groups in total. The van der Waals surface area contributed by atoms with E-state index in [0.29, 0.717) is 5.56 Å². The van der Waals surface area contributed by atoms with Gasteiger partial charge in [0.2, 0.25) is 11.4 Å². The van der Waals surface area contributed by atoms with Crippen LogP contribution in [0.25, 0.3) is 0 Å². The zero-order valence-electron chi connectivity index (χ0n) is 17.7. The van der Waals surface area contributed by atoms with Gasteiger partial charge in [-0.1, -0.05) is 43.2 Å². The van der Waals surface area contributed by atoms with Crippen LogP contribution in [0.4, 0.5) is 0 Å². The molecule has 2 aromatic rings. The minimum absolute atomic E-state index is 0.0831. The van der Waals surface area contributed by atoms with Gasteiger partial charge in [-0.05, 0) is 25.0 Å². The van der Waals surface area contributed by atoms with Crippen LogP contribution in [0.3, 0.4) is 0 Å². The van der Waals surface area contributed by atoms with E-state index in [9.17, 15) is 9.59 Å². The summed E-state index contributed by atoms with van der Waals surface area (Å²) >= 11 is 0. The Hall–Kier alpha value is -2.60. The van der Waals surface area contributed by atoms with Gasteiger partial charge in [-0.3, -0.25) is 0 Å². The molecule has 0 spiro atoms. The Kier molecular flexibility index (Phi) is 5.69. The number of esters is 2. The lowest BCUT2D eigenvalue weighted by molar-refractivity contribution is -0.879. The number of furan rings is 1. The second-order valence-electron chi connectivity index (χ2n) is 9.11. The zero-order chi connectivity index (χ0) is 21.2. The van der Waals surface area contributed by atoms with Crippen molar-refractivity contribution in [2.45, 2.75) is 43.8 Å². The number of nitrogens with zero attached hydrogens (tertiary/aromatic N) is 1. The first kappa shape index (κ1) is 20.7. The molecule has 1 aromatic heterocycles. The predicted octanol–water partition coefficient (Wildman–Crippen LogP) is 3.91. The van der Waals surface area contributed by atoms with Crippen molar-refractivity contribution in [2.75, 3.05) is 27.2 Å². The van der Waals surface area contributed by atoms with Gasteiger partial charge in [-0.25, -0.2) is 9.59 Å². The molecule has 2 unspecified atom stereocenters. The summed E-state index contributed by atoms with van der Waals surface area (Å²) in [5.41, 5.74) is -0.810. The third kappa shape index (κ3) is 4.01. The summed E-state index contributed by atoms with van der Waals surface area (Å²) in [7, 11) is 4.26. The number of carbonyl (C=O) groups is 2. The Morgan fingerprint density at radius 1 is 1.03 bits per heavy atom. The van der Waals surface area contributed by atoms with E-state index in [1.807, 2.05) is 30.3 Å². The number of hydrogen-bond acceptors (Lipinski definition) is 5. The van der Waals surface area contributed by atoms with Gasteiger partial charge in [0, 0.05) is 17.9 Å². The fraction of sp³-hybridized carbons (Fsp3) is 0.500. The molecule has 2 atom stereocenters. The molecule has 2 fully saturated rings. The van der Waals surface area contributed by atoms with Crippen LogP contribution in [0.5, 0.6) is 0 Å². The lowest BCUT2D eigenvalue weighted by Gasteiger charge is -2.37. The zero-order valence-corrected chi connectivity index (χ0v) is 17.7. The molecular weight excluding hydrogens is 382 g/mol. The number of hydrogen-bond donors (Lipinski definition) is 0. The van der Waals surface area contributed by atoms with Crippen LogP contribution >= 0.6 is 0 Å². The van der Waals surface area contributed by atoms with E-state index in [1.165, 1.54) is 6.26 Å². The standard InChI is InChI=1S/C24H30NO5/c1-25(2)15-14-20(17-25)29-23(27)24(19-11-6-7-12-19,18-9-4-3-5-10-18)30-22(26)21-13-8-16-28-21/h3-5,8-10,13,16,19-20H,6-7,11-12,14-15,17H2,1-2H3/q+1. The first-order valence-electron chi connectivity index (χ1n) is 10.8. The molecule has 1 saturated carbocycles. The monoisotopic (exact) mass is 412 g/mol. The maximum absolute atomic E-state index is 13.8. The quantitative estimate of drug-likeness (QED) is 0.532. The molecule has 1 aliphatic carbocycles. The van der Waals surface area contributed by atoms with Crippen molar-refractivity contribution < 1.29 is 28.0 Å². The molecule has 0 bridgehead atoms. The van der Waals surface area contributed by atoms with Crippen LogP contribution in [0.1, 0.15) is 48.2 Å². The molecule has 2 aliphatic rings. The smallest absolute Gasteiger partial charge is 0.375 e. The summed E-state index contributed by atoms with van der Waals surface area (Å²) in [6, 6.07) is 12.5. The van der Waals surface area contributed by atoms with E-state index in [0.717, 1.165) is 49.7 Å². The number of likely N-dealkylation sites (tertiary alicyclic amines) is 1. The van der Waals surface area contributed by atoms with Crippen molar-refractivity contribution in [3.05, 3.63) is 60.1 Å². The number of carbonyl (C=O) groups excluding carboxylic acids is 2. The van der Waals surface area contributed by atoms with E-state index in [2.05, 4.69) is 14.1 Å². The highest BCUT2D eigenvalue weighted by Crippen LogP contribution is 2.45. The highest BCUT2D eigenvalue weighted by molar-refractivity contribution is 5.91. The molecule has 0 radical (unpaired) electrons. The largest absolute Gasteiger partial charge is 0.457 e. The Bertz CT molecular complexity index is 870. The third-order valence-electron chi connectivity index (χ3n) is 6.44. The van der Waals surface area contributed by atoms with Gasteiger partial charge in [0.1, 0.15) is 6.54 Å². The van der Waals surface area contributed by atoms with Crippen LogP contribution in [0.15, 0.2) is 53.1 Å². The fourth-order valence-electron chi connectivity index (χ4n) is 4.88. The Morgan fingerprint density at radius 2 is 1.77 bits per heavy atom. The molecule has 0 amide bonds. The Morgan fingerprint density at radius 3 is 2.37 bits per heavy atom. The molecule has 30 heavy (non-hydrogen) atoms. The average molecular weight is 413 g/mol. The fourth-order valence-corrected chi connectivity index (χ4v) is 4.88. The number of rotatable bonds is 6. The van der Waals surface area contributed by atoms with Crippen LogP contribution in [0, 0.1) is 5.92 Å². The summed E-state index contributed by atoms with van der Waals surface area (Å²) in [6.45, 7) is 1.71. The molecule has 1 aromatic carbocycles. The molecular formula is C24H30NO5+. The maximum Gasteiger partial charge on any atom is 0.375 e. The van der Waals surface area contributed by atoms with Gasteiger partial charge in [0.25, 0.3) is 0 Å². The lowest BCUT2D eigenvalue weighted by atomic mass is 9.79. The summed E-state index contributed by atoms with van der Waals surface area (Å²) < 4.78 is 18.2. The van der Waals surface area contributed by atoms with Crippen molar-refractivity contribution in [2.24, 2.45) is 5.92 Å². The van der Waals surface area contributed by atoms with E-state index >= 15 is 0 Å². The van der Waals surface area contributed by atoms with Gasteiger partial charge in [0.05, 0.1) is 26.9 Å². The molecule has 160 valence electrons. The predicted molar refractivity (Wildman–Crippen MR) is 111 cm³/mol. The lowest BCUT2D eigenvalue weighted by Crippen LogP contribution is -2.49. The Labute approximate surface area is 177 Å². The van der Waals surface area contributed by atoms with Crippen molar-refractivity contribution in [3.8, 4) is 0 Å². The first-order valence-corrected chi connectivity index (χ1v) is 10.8. The van der Waals surface area contributed by atoms with Crippen LogP contribution in [0.2, 0.25) is 0 Å². The van der Waals surface area contributed by atoms with Crippen molar-refractivity contribution >= 4 is 11.9 Å². The van der Waals surface area contributed by atoms with E-state index < -0.39 is 17.5 Å². The maximum atomic E-state index is 13.8. The number of ether oxygens (including phenoxy) is 2. The second-order valence-corrected chi connectivity index (χ2v) is 9.11. The second kappa shape index (κ2) is 8.26. The summed E-state index contributed by atoms with van der Waals surface area (Å²) in [5.74, 6) is -1.15. The molecule has 1 saturated heterocycles. The van der Waals surface area contributed by atoms with Gasteiger partial charge in [-0.2, -0.15) is 0 Å². The van der Waals surface area contributed by atoms with Gasteiger partial charge >= 0.3 is 11.9 Å². The topological polar surface area (TPSA) is 65.7 Å². The number of quaternary nitrogens is 1. The highest BCUT2D eigenvalue weighted by atomic mass is 16.6. The number of benzene rings is 1. The SMILES string of the molecule is C[N+]1(C)CCC(OC(=O)C(OC(=O)c2ccco2)(c2ccccc2)C2CCCC2)C1. The van der Waals surface area contributed by atoms with Gasteiger partial charge < -0.3 is 18.4 Å². The first-order chi connectivity index (χ1) is 14.4. The minimum Gasteiger partial charge on any atom is -0.457 e. The van der Waals surface area contributed by atoms with E-state index in [4.69, 9.17) is 13.9 Å². The summed E-state index contributed by atoms with van der Waals surface area (Å²) in [5, 5.41) is 0. The number of likely N-dealkylation sites (N-methyl/N-ethyl adjacent to an activating group) is 1. The molecule has 6 heteroatoms. The average Bonchev–Trinajstić information content (AvgIpc) is 3.49. The third-order valence-corrected chi connectivity index (χ3v) is 6.44. The van der Waals surface area contributed by atoms with Crippen LogP contribution < -0.4 is 0 Å². The molecule has 2 heterocycles. The van der Waals surface area contributed by atoms with E-state index in [-0.39, 0.29) is 17.8 Å². The minimum atomic E-state index is -1.47. The van der Waals surface area contributed by atoms with Crippen molar-refractivity contribution in [1.29, 1.82) is 0 Å². The normalized spacial score (nSPS) is 23.1. The highest BCUT2D eigenvalue weighted by Gasteiger charge is 2.54. The summed E-state index contributed by atoms with van der Waals surface area (Å²) in [6.07, 6.45) is 5.66. The molecule has 4 rings (SSSR count). The molecule has 1 aliphatic heterocycles. The van der Waals surface area contributed by atoms with Crippen LogP contribution in [-0.2, 0) is 19.9 Å². The Balaban J connectivity index is 1.71. The van der Waals surface area contributed by atoms with Crippen molar-refractivity contribution in [3.63, 3.8) is 0 Å². The van der Waals surface area contributed by atoms with Gasteiger partial charge in [-0.15, -0.1) is 0 Å². The van der Waals surface area contributed by atoms with E-state index in [1.54, 1.807) is 12.1 Å². The summed E-state index contributed by atoms with van der Waals surface area (Å²) in [4.78, 5) is 26.8. The molecule has 6 nitrogen and oxygen atoms in total. The van der Waals surface area contributed by atoms with Crippen LogP contribution in [-0.4, -0.2) is 49.7 Å². The van der Waals surface area contributed by atoms with Crippen molar-refractivity contribution in [1.82, 2.24) is 0 Å².